The lowest BCUT2D eigenvalue weighted by atomic mass is 10.2. The van der Waals surface area contributed by atoms with E-state index in [9.17, 15) is 0 Å². The lowest BCUT2D eigenvalue weighted by Crippen LogP contribution is -2.02. The van der Waals surface area contributed by atoms with E-state index in [1.54, 1.807) is 0 Å². The Morgan fingerprint density at radius 3 is 3.00 bits per heavy atom. The molecule has 14 heavy (non-hydrogen) atoms. The van der Waals surface area contributed by atoms with E-state index in [-0.39, 0.29) is 6.61 Å². The fourth-order valence-corrected chi connectivity index (χ4v) is 1.66. The zero-order valence-corrected chi connectivity index (χ0v) is 9.31. The fourth-order valence-electron chi connectivity index (χ4n) is 1.23. The van der Waals surface area contributed by atoms with Crippen molar-refractivity contribution < 1.29 is 5.11 Å². The molecule has 3 heteroatoms. The third kappa shape index (κ3) is 4.03. The molecule has 0 fully saturated rings. The quantitative estimate of drug-likeness (QED) is 0.708. The summed E-state index contributed by atoms with van der Waals surface area (Å²) in [5.74, 6) is 1.19. The van der Waals surface area contributed by atoms with Crippen molar-refractivity contribution in [2.45, 2.75) is 13.0 Å². The van der Waals surface area contributed by atoms with Crippen molar-refractivity contribution in [3.05, 3.63) is 29.8 Å². The van der Waals surface area contributed by atoms with Crippen molar-refractivity contribution >= 4 is 17.4 Å². The molecule has 0 amide bonds. The van der Waals surface area contributed by atoms with E-state index in [2.05, 4.69) is 11.6 Å². The minimum Gasteiger partial charge on any atom is -0.392 e. The minimum atomic E-state index is 0.111. The van der Waals surface area contributed by atoms with Gasteiger partial charge in [-0.1, -0.05) is 12.1 Å². The predicted molar refractivity (Wildman–Crippen MR) is 63.9 cm³/mol. The van der Waals surface area contributed by atoms with E-state index in [4.69, 9.17) is 5.11 Å². The molecule has 0 radical (unpaired) electrons. The van der Waals surface area contributed by atoms with E-state index in [1.807, 2.05) is 36.0 Å². The molecule has 2 nitrogen and oxygen atoms in total. The molecule has 0 aliphatic heterocycles. The highest BCUT2D eigenvalue weighted by molar-refractivity contribution is 7.98. The van der Waals surface area contributed by atoms with Crippen molar-refractivity contribution in [3.8, 4) is 0 Å². The van der Waals surface area contributed by atoms with Gasteiger partial charge >= 0.3 is 0 Å². The summed E-state index contributed by atoms with van der Waals surface area (Å²) >= 11 is 1.86. The van der Waals surface area contributed by atoms with Crippen LogP contribution in [0.15, 0.2) is 24.3 Å². The first-order valence-corrected chi connectivity index (χ1v) is 6.19. The van der Waals surface area contributed by atoms with E-state index in [0.717, 1.165) is 17.8 Å². The first-order valence-electron chi connectivity index (χ1n) is 4.79. The first kappa shape index (κ1) is 11.4. The molecule has 0 bridgehead atoms. The zero-order valence-electron chi connectivity index (χ0n) is 8.49. The molecule has 78 valence electrons. The largest absolute Gasteiger partial charge is 0.392 e. The minimum absolute atomic E-state index is 0.111. The summed E-state index contributed by atoms with van der Waals surface area (Å²) < 4.78 is 0. The summed E-state index contributed by atoms with van der Waals surface area (Å²) in [6.07, 6.45) is 3.29. The molecule has 0 spiro atoms. The van der Waals surface area contributed by atoms with Crippen LogP contribution in [0.4, 0.5) is 5.69 Å². The lowest BCUT2D eigenvalue weighted by Gasteiger charge is -2.06. The molecule has 0 saturated carbocycles. The maximum atomic E-state index is 8.94. The monoisotopic (exact) mass is 211 g/mol. The van der Waals surface area contributed by atoms with Gasteiger partial charge in [0.15, 0.2) is 0 Å². The number of thioether (sulfide) groups is 1. The molecule has 0 aliphatic carbocycles. The van der Waals surface area contributed by atoms with Crippen LogP contribution in [0.25, 0.3) is 0 Å². The van der Waals surface area contributed by atoms with Gasteiger partial charge in [-0.2, -0.15) is 11.8 Å². The third-order valence-electron chi connectivity index (χ3n) is 1.96. The molecule has 1 aromatic rings. The van der Waals surface area contributed by atoms with Crippen molar-refractivity contribution in [2.24, 2.45) is 0 Å². The predicted octanol–water partition coefficient (Wildman–Crippen LogP) is 2.34. The van der Waals surface area contributed by atoms with Crippen LogP contribution in [-0.4, -0.2) is 23.7 Å². The Morgan fingerprint density at radius 1 is 1.43 bits per heavy atom. The Morgan fingerprint density at radius 2 is 2.29 bits per heavy atom. The van der Waals surface area contributed by atoms with E-state index in [0.29, 0.717) is 0 Å². The van der Waals surface area contributed by atoms with E-state index in [1.165, 1.54) is 12.2 Å². The van der Waals surface area contributed by atoms with Crippen LogP contribution in [0.1, 0.15) is 12.0 Å². The summed E-state index contributed by atoms with van der Waals surface area (Å²) in [6.45, 7) is 1.11. The second-order valence-electron chi connectivity index (χ2n) is 3.13. The number of aliphatic hydroxyl groups is 1. The Balaban J connectivity index is 2.34. The standard InChI is InChI=1S/C11H17NOS/c1-14-7-3-6-12-11-5-2-4-10(8-11)9-13/h2,4-5,8,12-13H,3,6-7,9H2,1H3. The van der Waals surface area contributed by atoms with Gasteiger partial charge < -0.3 is 10.4 Å². The maximum Gasteiger partial charge on any atom is 0.0682 e. The number of rotatable bonds is 6. The molecule has 0 aromatic heterocycles. The number of aliphatic hydroxyl groups excluding tert-OH is 1. The van der Waals surface area contributed by atoms with Gasteiger partial charge in [0.25, 0.3) is 0 Å². The summed E-state index contributed by atoms with van der Waals surface area (Å²) in [5, 5.41) is 12.3. The van der Waals surface area contributed by atoms with Gasteiger partial charge in [-0.15, -0.1) is 0 Å². The Bertz CT molecular complexity index is 265. The first-order chi connectivity index (χ1) is 6.86. The second-order valence-corrected chi connectivity index (χ2v) is 4.12. The second kappa shape index (κ2) is 6.74. The van der Waals surface area contributed by atoms with Crippen LogP contribution in [-0.2, 0) is 6.61 Å². The van der Waals surface area contributed by atoms with Gasteiger partial charge in [0.1, 0.15) is 0 Å². The molecular weight excluding hydrogens is 194 g/mol. The van der Waals surface area contributed by atoms with Gasteiger partial charge in [-0.25, -0.2) is 0 Å². The Kier molecular flexibility index (Phi) is 5.49. The van der Waals surface area contributed by atoms with Gasteiger partial charge in [-0.3, -0.25) is 0 Å². The van der Waals surface area contributed by atoms with Crippen LogP contribution in [0.3, 0.4) is 0 Å². The van der Waals surface area contributed by atoms with Crippen LogP contribution in [0, 0.1) is 0 Å². The normalized spacial score (nSPS) is 10.1. The fraction of sp³-hybridized carbons (Fsp3) is 0.455. The van der Waals surface area contributed by atoms with E-state index < -0.39 is 0 Å². The molecule has 0 saturated heterocycles. The highest BCUT2D eigenvalue weighted by atomic mass is 32.2. The Labute approximate surface area is 89.7 Å². The van der Waals surface area contributed by atoms with Crippen LogP contribution >= 0.6 is 11.8 Å². The highest BCUT2D eigenvalue weighted by Crippen LogP contribution is 2.10. The summed E-state index contributed by atoms with van der Waals surface area (Å²) in [4.78, 5) is 0. The molecule has 2 N–H and O–H groups in total. The molecule has 1 rings (SSSR count). The molecule has 0 heterocycles. The summed E-state index contributed by atoms with van der Waals surface area (Å²) in [5.41, 5.74) is 2.05. The van der Waals surface area contributed by atoms with Gasteiger partial charge in [-0.05, 0) is 36.1 Å². The third-order valence-corrected chi connectivity index (χ3v) is 2.66. The molecule has 0 unspecified atom stereocenters. The molecule has 0 aliphatic rings. The summed E-state index contributed by atoms with van der Waals surface area (Å²) in [6, 6.07) is 7.90. The lowest BCUT2D eigenvalue weighted by molar-refractivity contribution is 0.282. The molecule has 0 atom stereocenters. The van der Waals surface area contributed by atoms with Gasteiger partial charge in [0.2, 0.25) is 0 Å². The van der Waals surface area contributed by atoms with E-state index >= 15 is 0 Å². The number of benzene rings is 1. The number of hydrogen-bond donors (Lipinski definition) is 2. The van der Waals surface area contributed by atoms with Crippen LogP contribution in [0.5, 0.6) is 0 Å². The number of nitrogens with one attached hydrogen (secondary N) is 1. The van der Waals surface area contributed by atoms with Crippen molar-refractivity contribution in [1.82, 2.24) is 0 Å². The number of anilines is 1. The zero-order chi connectivity index (χ0) is 10.2. The van der Waals surface area contributed by atoms with Crippen LogP contribution in [0.2, 0.25) is 0 Å². The average Bonchev–Trinajstić information content (AvgIpc) is 2.25. The van der Waals surface area contributed by atoms with Crippen molar-refractivity contribution in [3.63, 3.8) is 0 Å². The van der Waals surface area contributed by atoms with Crippen LogP contribution < -0.4 is 5.32 Å². The molecule has 1 aromatic carbocycles. The maximum absolute atomic E-state index is 8.94. The summed E-state index contributed by atoms with van der Waals surface area (Å²) in [7, 11) is 0. The molecular formula is C11H17NOS. The van der Waals surface area contributed by atoms with Crippen molar-refractivity contribution in [2.75, 3.05) is 23.9 Å². The smallest absolute Gasteiger partial charge is 0.0682 e. The highest BCUT2D eigenvalue weighted by Gasteiger charge is 1.93. The number of hydrogen-bond acceptors (Lipinski definition) is 3. The van der Waals surface area contributed by atoms with Gasteiger partial charge in [0.05, 0.1) is 6.61 Å². The van der Waals surface area contributed by atoms with Gasteiger partial charge in [0, 0.05) is 12.2 Å². The SMILES string of the molecule is CSCCCNc1cccc(CO)c1. The average molecular weight is 211 g/mol. The van der Waals surface area contributed by atoms with Crippen molar-refractivity contribution in [1.29, 1.82) is 0 Å². The topological polar surface area (TPSA) is 32.3 Å². The Hall–Kier alpha value is -0.670.